The summed E-state index contributed by atoms with van der Waals surface area (Å²) < 4.78 is 16.5. The van der Waals surface area contributed by atoms with Gasteiger partial charge in [0.1, 0.15) is 5.75 Å². The van der Waals surface area contributed by atoms with Gasteiger partial charge in [-0.25, -0.2) is 0 Å². The smallest absolute Gasteiger partial charge is 0.191 e. The van der Waals surface area contributed by atoms with E-state index in [9.17, 15) is 0 Å². The molecule has 1 atom stereocenters. The number of aryl methyl sites for hydroxylation is 1. The lowest BCUT2D eigenvalue weighted by Gasteiger charge is -2.18. The minimum atomic E-state index is 0.203. The van der Waals surface area contributed by atoms with Crippen molar-refractivity contribution in [1.29, 1.82) is 0 Å². The zero-order valence-electron chi connectivity index (χ0n) is 17.6. The number of guanidine groups is 1. The summed E-state index contributed by atoms with van der Waals surface area (Å²) in [6.07, 6.45) is 3.23. The Labute approximate surface area is 164 Å². The van der Waals surface area contributed by atoms with Crippen LogP contribution in [0.4, 0.5) is 0 Å². The molecule has 0 bridgehead atoms. The number of nitrogens with one attached hydrogen (secondary N) is 2. The van der Waals surface area contributed by atoms with Crippen molar-refractivity contribution in [2.24, 2.45) is 4.99 Å². The molecule has 0 fully saturated rings. The number of nitrogens with zero attached hydrogens (tertiary/aromatic N) is 1. The standard InChI is InChI=1S/C21H37N3O3/c1-6-18(3)27-20-15-17(2)9-10-19(20)16-24-21(22-4)23-11-7-8-12-26-14-13-25-5/h9-10,15,18H,6-8,11-14,16H2,1-5H3,(H2,22,23,24). The summed E-state index contributed by atoms with van der Waals surface area (Å²) in [5.74, 6) is 1.74. The normalized spacial score (nSPS) is 12.7. The van der Waals surface area contributed by atoms with Crippen LogP contribution in [0.15, 0.2) is 23.2 Å². The summed E-state index contributed by atoms with van der Waals surface area (Å²) in [7, 11) is 3.47. The third-order valence-corrected chi connectivity index (χ3v) is 4.24. The molecular formula is C21H37N3O3. The van der Waals surface area contributed by atoms with Crippen molar-refractivity contribution in [3.8, 4) is 5.75 Å². The van der Waals surface area contributed by atoms with E-state index < -0.39 is 0 Å². The third kappa shape index (κ3) is 10.2. The van der Waals surface area contributed by atoms with Gasteiger partial charge in [0.05, 0.1) is 19.3 Å². The topological polar surface area (TPSA) is 64.1 Å². The van der Waals surface area contributed by atoms with E-state index in [1.165, 1.54) is 5.56 Å². The molecule has 0 aliphatic carbocycles. The fourth-order valence-electron chi connectivity index (χ4n) is 2.40. The van der Waals surface area contributed by atoms with Crippen LogP contribution in [0.1, 0.15) is 44.2 Å². The molecule has 1 aromatic carbocycles. The Bertz CT molecular complexity index is 549. The Kier molecular flexibility index (Phi) is 12.3. The van der Waals surface area contributed by atoms with Crippen molar-refractivity contribution < 1.29 is 14.2 Å². The first-order valence-electron chi connectivity index (χ1n) is 9.88. The molecule has 0 saturated heterocycles. The lowest BCUT2D eigenvalue weighted by atomic mass is 10.1. The van der Waals surface area contributed by atoms with Gasteiger partial charge < -0.3 is 24.8 Å². The van der Waals surface area contributed by atoms with Crippen molar-refractivity contribution in [2.75, 3.05) is 40.5 Å². The van der Waals surface area contributed by atoms with Crippen molar-refractivity contribution in [3.63, 3.8) is 0 Å². The molecule has 0 aromatic heterocycles. The van der Waals surface area contributed by atoms with Gasteiger partial charge >= 0.3 is 0 Å². The number of ether oxygens (including phenoxy) is 3. The zero-order chi connectivity index (χ0) is 19.9. The number of hydrogen-bond acceptors (Lipinski definition) is 4. The van der Waals surface area contributed by atoms with Crippen molar-refractivity contribution >= 4 is 5.96 Å². The van der Waals surface area contributed by atoms with Crippen LogP contribution < -0.4 is 15.4 Å². The van der Waals surface area contributed by atoms with Gasteiger partial charge in [-0.05, 0) is 44.7 Å². The molecule has 1 rings (SSSR count). The Morgan fingerprint density at radius 3 is 2.67 bits per heavy atom. The van der Waals surface area contributed by atoms with Gasteiger partial charge in [-0.2, -0.15) is 0 Å². The highest BCUT2D eigenvalue weighted by atomic mass is 16.5. The van der Waals surface area contributed by atoms with Crippen LogP contribution in [-0.2, 0) is 16.0 Å². The molecule has 27 heavy (non-hydrogen) atoms. The molecule has 0 heterocycles. The number of methoxy groups -OCH3 is 1. The average Bonchev–Trinajstić information content (AvgIpc) is 2.67. The first-order chi connectivity index (χ1) is 13.1. The molecule has 0 amide bonds. The van der Waals surface area contributed by atoms with E-state index in [0.29, 0.717) is 19.8 Å². The maximum atomic E-state index is 6.07. The van der Waals surface area contributed by atoms with Crippen LogP contribution in [0.25, 0.3) is 0 Å². The molecule has 0 aliphatic heterocycles. The monoisotopic (exact) mass is 379 g/mol. The maximum absolute atomic E-state index is 6.07. The van der Waals surface area contributed by atoms with E-state index in [1.807, 2.05) is 0 Å². The first kappa shape index (κ1) is 23.2. The Balaban J connectivity index is 2.38. The Hall–Kier alpha value is -1.79. The number of benzene rings is 1. The molecular weight excluding hydrogens is 342 g/mol. The van der Waals surface area contributed by atoms with E-state index in [0.717, 1.165) is 49.7 Å². The molecule has 6 heteroatoms. The number of hydrogen-bond donors (Lipinski definition) is 2. The fourth-order valence-corrected chi connectivity index (χ4v) is 2.40. The second kappa shape index (κ2) is 14.3. The average molecular weight is 380 g/mol. The van der Waals surface area contributed by atoms with Gasteiger partial charge in [0.25, 0.3) is 0 Å². The summed E-state index contributed by atoms with van der Waals surface area (Å²) in [6, 6.07) is 6.33. The number of rotatable bonds is 13. The van der Waals surface area contributed by atoms with E-state index in [2.05, 4.69) is 54.6 Å². The first-order valence-corrected chi connectivity index (χ1v) is 9.88. The summed E-state index contributed by atoms with van der Waals surface area (Å²) >= 11 is 0. The predicted octanol–water partition coefficient (Wildman–Crippen LogP) is 3.28. The van der Waals surface area contributed by atoms with Crippen LogP contribution in [0.3, 0.4) is 0 Å². The van der Waals surface area contributed by atoms with Crippen LogP contribution in [0.5, 0.6) is 5.75 Å². The largest absolute Gasteiger partial charge is 0.490 e. The summed E-state index contributed by atoms with van der Waals surface area (Å²) in [5, 5.41) is 6.71. The molecule has 2 N–H and O–H groups in total. The molecule has 0 saturated carbocycles. The molecule has 0 radical (unpaired) electrons. The Morgan fingerprint density at radius 1 is 1.15 bits per heavy atom. The van der Waals surface area contributed by atoms with Crippen LogP contribution >= 0.6 is 0 Å². The highest BCUT2D eigenvalue weighted by Gasteiger charge is 2.08. The second-order valence-corrected chi connectivity index (χ2v) is 6.61. The van der Waals surface area contributed by atoms with Crippen LogP contribution in [0.2, 0.25) is 0 Å². The van der Waals surface area contributed by atoms with Crippen molar-refractivity contribution in [1.82, 2.24) is 10.6 Å². The second-order valence-electron chi connectivity index (χ2n) is 6.61. The third-order valence-electron chi connectivity index (χ3n) is 4.24. The summed E-state index contributed by atoms with van der Waals surface area (Å²) in [5.41, 5.74) is 2.34. The molecule has 0 spiro atoms. The number of aliphatic imine (C=N–C) groups is 1. The minimum Gasteiger partial charge on any atom is -0.490 e. The molecule has 0 aliphatic rings. The highest BCUT2D eigenvalue weighted by molar-refractivity contribution is 5.79. The molecule has 6 nitrogen and oxygen atoms in total. The molecule has 1 unspecified atom stereocenters. The quantitative estimate of drug-likeness (QED) is 0.313. The van der Waals surface area contributed by atoms with Gasteiger partial charge in [0.2, 0.25) is 0 Å². The van der Waals surface area contributed by atoms with Gasteiger partial charge in [-0.15, -0.1) is 0 Å². The van der Waals surface area contributed by atoms with Crippen molar-refractivity contribution in [2.45, 2.75) is 52.7 Å². The maximum Gasteiger partial charge on any atom is 0.191 e. The van der Waals surface area contributed by atoms with Crippen molar-refractivity contribution in [3.05, 3.63) is 29.3 Å². The number of unbranched alkanes of at least 4 members (excludes halogenated alkanes) is 1. The van der Waals surface area contributed by atoms with E-state index in [4.69, 9.17) is 14.2 Å². The zero-order valence-corrected chi connectivity index (χ0v) is 17.6. The minimum absolute atomic E-state index is 0.203. The van der Waals surface area contributed by atoms with Gasteiger partial charge in [-0.1, -0.05) is 19.1 Å². The SMILES string of the molecule is CCC(C)Oc1cc(C)ccc1CNC(=NC)NCCCCOCCOC. The van der Waals surface area contributed by atoms with E-state index in [1.54, 1.807) is 14.2 Å². The van der Waals surface area contributed by atoms with Crippen LogP contribution in [-0.4, -0.2) is 52.6 Å². The predicted molar refractivity (Wildman–Crippen MR) is 112 cm³/mol. The Morgan fingerprint density at radius 2 is 1.96 bits per heavy atom. The van der Waals surface area contributed by atoms with Gasteiger partial charge in [-0.3, -0.25) is 4.99 Å². The molecule has 1 aromatic rings. The summed E-state index contributed by atoms with van der Waals surface area (Å²) in [6.45, 7) is 9.91. The molecule has 154 valence electrons. The van der Waals surface area contributed by atoms with Crippen LogP contribution in [0, 0.1) is 6.92 Å². The lowest BCUT2D eigenvalue weighted by Crippen LogP contribution is -2.37. The van der Waals surface area contributed by atoms with E-state index in [-0.39, 0.29) is 6.10 Å². The highest BCUT2D eigenvalue weighted by Crippen LogP contribution is 2.22. The van der Waals surface area contributed by atoms with Gasteiger partial charge in [0.15, 0.2) is 5.96 Å². The lowest BCUT2D eigenvalue weighted by molar-refractivity contribution is 0.0689. The fraction of sp³-hybridized carbons (Fsp3) is 0.667. The van der Waals surface area contributed by atoms with E-state index >= 15 is 0 Å². The summed E-state index contributed by atoms with van der Waals surface area (Å²) in [4.78, 5) is 4.29. The van der Waals surface area contributed by atoms with Gasteiger partial charge in [0, 0.05) is 39.4 Å².